The maximum atomic E-state index is 12.1. The Hall–Kier alpha value is -2.31. The van der Waals surface area contributed by atoms with Crippen LogP contribution in [0, 0.1) is 0 Å². The van der Waals surface area contributed by atoms with Crippen LogP contribution >= 0.6 is 23.4 Å². The normalized spacial score (nSPS) is 18.5. The van der Waals surface area contributed by atoms with Crippen LogP contribution in [0.5, 0.6) is 0 Å². The Balaban J connectivity index is 1.60. The van der Waals surface area contributed by atoms with Crippen molar-refractivity contribution in [3.8, 4) is 0 Å². The van der Waals surface area contributed by atoms with E-state index in [4.69, 9.17) is 11.6 Å². The van der Waals surface area contributed by atoms with Crippen LogP contribution in [-0.4, -0.2) is 36.6 Å². The molecule has 1 heterocycles. The number of carbonyl (C=O) groups excluding carboxylic acids is 1. The van der Waals surface area contributed by atoms with Crippen LogP contribution in [0.4, 0.5) is 5.69 Å². The number of carbonyl (C=O) groups is 1. The fraction of sp³-hybridized carbons (Fsp3) is 0.211. The van der Waals surface area contributed by atoms with Crippen molar-refractivity contribution in [2.24, 2.45) is 10.2 Å². The smallest absolute Gasteiger partial charge is 0.239 e. The highest BCUT2D eigenvalue weighted by Gasteiger charge is 2.30. The highest BCUT2D eigenvalue weighted by atomic mass is 35.5. The third kappa shape index (κ3) is 4.86. The second-order valence-corrected chi connectivity index (χ2v) is 7.69. The van der Waals surface area contributed by atoms with Gasteiger partial charge in [-0.05, 0) is 41.8 Å². The molecule has 0 unspecified atom stereocenters. The predicted octanol–water partition coefficient (Wildman–Crippen LogP) is 3.57. The fourth-order valence-corrected chi connectivity index (χ4v) is 3.65. The summed E-state index contributed by atoms with van der Waals surface area (Å²) < 4.78 is 0. The molecule has 26 heavy (non-hydrogen) atoms. The maximum absolute atomic E-state index is 12.1. The molecule has 1 amide bonds. The fourth-order valence-electron chi connectivity index (χ4n) is 2.47. The van der Waals surface area contributed by atoms with Crippen LogP contribution in [0.15, 0.2) is 58.7 Å². The van der Waals surface area contributed by atoms with Crippen LogP contribution < -0.4 is 10.2 Å². The van der Waals surface area contributed by atoms with Crippen molar-refractivity contribution in [1.82, 2.24) is 5.32 Å². The van der Waals surface area contributed by atoms with Gasteiger partial charge in [-0.25, -0.2) is 0 Å². The summed E-state index contributed by atoms with van der Waals surface area (Å²) in [6, 6.07) is 15.5. The van der Waals surface area contributed by atoms with Gasteiger partial charge in [-0.3, -0.25) is 4.79 Å². The summed E-state index contributed by atoms with van der Waals surface area (Å²) in [7, 11) is 3.99. The van der Waals surface area contributed by atoms with Crippen molar-refractivity contribution in [2.45, 2.75) is 11.7 Å². The van der Waals surface area contributed by atoms with E-state index in [9.17, 15) is 4.79 Å². The van der Waals surface area contributed by atoms with Gasteiger partial charge in [-0.15, -0.1) is 5.10 Å². The highest BCUT2D eigenvalue weighted by Crippen LogP contribution is 2.24. The summed E-state index contributed by atoms with van der Waals surface area (Å²) in [4.78, 5) is 14.1. The van der Waals surface area contributed by atoms with Crippen LogP contribution in [0.3, 0.4) is 0 Å². The summed E-state index contributed by atoms with van der Waals surface area (Å²) in [5, 5.41) is 11.9. The Bertz CT molecular complexity index is 849. The summed E-state index contributed by atoms with van der Waals surface area (Å²) >= 11 is 7.38. The molecule has 1 aliphatic heterocycles. The lowest BCUT2D eigenvalue weighted by Crippen LogP contribution is -2.25. The van der Waals surface area contributed by atoms with Gasteiger partial charge < -0.3 is 10.2 Å². The minimum Gasteiger partial charge on any atom is -0.378 e. The lowest BCUT2D eigenvalue weighted by atomic mass is 10.1. The molecular formula is C19H19ClN4OS. The number of halogens is 1. The van der Waals surface area contributed by atoms with Gasteiger partial charge in [0.1, 0.15) is 0 Å². The third-order valence-corrected chi connectivity index (χ3v) is 5.16. The molecule has 1 fully saturated rings. The molecule has 0 aromatic heterocycles. The summed E-state index contributed by atoms with van der Waals surface area (Å²) in [5.74, 6) is -0.0562. The molecule has 0 spiro atoms. The first-order valence-electron chi connectivity index (χ1n) is 8.11. The third-order valence-electron chi connectivity index (χ3n) is 3.85. The average Bonchev–Trinajstić information content (AvgIpc) is 2.95. The molecule has 1 N–H and O–H groups in total. The van der Waals surface area contributed by atoms with E-state index in [0.717, 1.165) is 16.8 Å². The monoisotopic (exact) mass is 386 g/mol. The van der Waals surface area contributed by atoms with Crippen molar-refractivity contribution in [1.29, 1.82) is 0 Å². The Labute approximate surface area is 162 Å². The number of amides is 1. The first kappa shape index (κ1) is 18.5. The van der Waals surface area contributed by atoms with E-state index in [1.807, 2.05) is 67.5 Å². The molecule has 0 bridgehead atoms. The first-order chi connectivity index (χ1) is 12.5. The molecule has 134 valence electrons. The summed E-state index contributed by atoms with van der Waals surface area (Å²) in [6.07, 6.45) is 2.27. The molecule has 1 atom stereocenters. The Kier molecular flexibility index (Phi) is 5.96. The van der Waals surface area contributed by atoms with Crippen LogP contribution in [-0.2, 0) is 11.2 Å². The number of rotatable bonds is 5. The topological polar surface area (TPSA) is 57.1 Å². The number of benzene rings is 2. The molecule has 2 aromatic carbocycles. The molecule has 0 radical (unpaired) electrons. The van der Waals surface area contributed by atoms with Gasteiger partial charge in [0, 0.05) is 24.8 Å². The van der Waals surface area contributed by atoms with Crippen molar-refractivity contribution in [3.05, 3.63) is 64.7 Å². The number of nitrogens with zero attached hydrogens (tertiary/aromatic N) is 3. The maximum Gasteiger partial charge on any atom is 0.239 e. The minimum absolute atomic E-state index is 0.0562. The molecular weight excluding hydrogens is 368 g/mol. The van der Waals surface area contributed by atoms with Gasteiger partial charge in [0.15, 0.2) is 5.17 Å². The summed E-state index contributed by atoms with van der Waals surface area (Å²) in [5.41, 5.74) is 3.09. The highest BCUT2D eigenvalue weighted by molar-refractivity contribution is 8.15. The van der Waals surface area contributed by atoms with E-state index in [1.54, 1.807) is 6.21 Å². The van der Waals surface area contributed by atoms with Crippen molar-refractivity contribution < 1.29 is 4.79 Å². The predicted molar refractivity (Wildman–Crippen MR) is 110 cm³/mol. The molecule has 1 aliphatic rings. The second-order valence-electron chi connectivity index (χ2n) is 6.07. The van der Waals surface area contributed by atoms with E-state index < -0.39 is 0 Å². The van der Waals surface area contributed by atoms with Gasteiger partial charge in [-0.1, -0.05) is 47.6 Å². The van der Waals surface area contributed by atoms with Crippen molar-refractivity contribution >= 4 is 46.3 Å². The van der Waals surface area contributed by atoms with Gasteiger partial charge in [0.05, 0.1) is 11.5 Å². The molecule has 0 aliphatic carbocycles. The number of anilines is 1. The number of thioether (sulfide) groups is 1. The molecule has 1 saturated heterocycles. The SMILES string of the molecule is CN(C)c1ccc(/C=N/N=C2\NC(=O)[C@@H](Cc3cccc(Cl)c3)S2)cc1. The van der Waals surface area contributed by atoms with E-state index in [0.29, 0.717) is 16.6 Å². The molecule has 3 rings (SSSR count). The molecule has 5 nitrogen and oxygen atoms in total. The number of hydrogen-bond donors (Lipinski definition) is 1. The standard InChI is InChI=1S/C19H19ClN4OS/c1-24(2)16-8-6-13(7-9-16)12-21-23-19-22-18(25)17(26-19)11-14-4-3-5-15(20)10-14/h3-10,12,17H,11H2,1-2H3,(H,22,23,25)/b21-12+/t17-/m1/s1. The van der Waals surface area contributed by atoms with E-state index in [-0.39, 0.29) is 11.2 Å². The lowest BCUT2D eigenvalue weighted by Gasteiger charge is -2.11. The van der Waals surface area contributed by atoms with Gasteiger partial charge in [0.25, 0.3) is 0 Å². The number of hydrogen-bond acceptors (Lipinski definition) is 5. The van der Waals surface area contributed by atoms with Gasteiger partial charge >= 0.3 is 0 Å². The molecule has 0 saturated carbocycles. The van der Waals surface area contributed by atoms with Crippen LogP contribution in [0.2, 0.25) is 5.02 Å². The van der Waals surface area contributed by atoms with E-state index in [2.05, 4.69) is 15.5 Å². The zero-order chi connectivity index (χ0) is 18.5. The molecule has 7 heteroatoms. The van der Waals surface area contributed by atoms with E-state index in [1.165, 1.54) is 11.8 Å². The zero-order valence-electron chi connectivity index (χ0n) is 14.5. The van der Waals surface area contributed by atoms with Gasteiger partial charge in [0.2, 0.25) is 5.91 Å². The van der Waals surface area contributed by atoms with E-state index >= 15 is 0 Å². The lowest BCUT2D eigenvalue weighted by molar-refractivity contribution is -0.118. The Morgan fingerprint density at radius 3 is 2.69 bits per heavy atom. The average molecular weight is 387 g/mol. The quantitative estimate of drug-likeness (QED) is 0.631. The minimum atomic E-state index is -0.221. The number of amidine groups is 1. The zero-order valence-corrected chi connectivity index (χ0v) is 16.1. The Morgan fingerprint density at radius 1 is 1.23 bits per heavy atom. The van der Waals surface area contributed by atoms with Crippen LogP contribution in [0.1, 0.15) is 11.1 Å². The van der Waals surface area contributed by atoms with Crippen molar-refractivity contribution in [3.63, 3.8) is 0 Å². The summed E-state index contributed by atoms with van der Waals surface area (Å²) in [6.45, 7) is 0. The van der Waals surface area contributed by atoms with Gasteiger partial charge in [-0.2, -0.15) is 5.10 Å². The molecule has 2 aromatic rings. The van der Waals surface area contributed by atoms with Crippen molar-refractivity contribution in [2.75, 3.05) is 19.0 Å². The van der Waals surface area contributed by atoms with Crippen LogP contribution in [0.25, 0.3) is 0 Å². The Morgan fingerprint density at radius 2 is 2.00 bits per heavy atom. The number of nitrogens with one attached hydrogen (secondary N) is 1. The second kappa shape index (κ2) is 8.38. The largest absolute Gasteiger partial charge is 0.378 e. The first-order valence-corrected chi connectivity index (χ1v) is 9.37.